The number of aliphatic hydroxyl groups excluding tert-OH is 1. The SMILES string of the molecule is COc1cccc(C2(NC[C@@H](O)[C@@H](N)Cc3ccccc3)CC2)c1.Cc1ccc(S(=O)(=O)O)cc1.Cc1ccc(S(=O)(=O)O)cc1. The Kier molecular flexibility index (Phi) is 13.0. The minimum Gasteiger partial charge on any atom is -0.497 e. The fraction of sp³-hybridized carbons (Fsp3) is 0.294. The summed E-state index contributed by atoms with van der Waals surface area (Å²) >= 11 is 0. The third-order valence-electron chi connectivity index (χ3n) is 7.47. The van der Waals surface area contributed by atoms with Crippen LogP contribution in [0.1, 0.15) is 35.1 Å². The summed E-state index contributed by atoms with van der Waals surface area (Å²) in [5.74, 6) is 0.863. The van der Waals surface area contributed by atoms with E-state index in [0.29, 0.717) is 13.0 Å². The highest BCUT2D eigenvalue weighted by Crippen LogP contribution is 2.46. The second-order valence-corrected chi connectivity index (χ2v) is 14.0. The molecule has 12 heteroatoms. The van der Waals surface area contributed by atoms with Gasteiger partial charge < -0.3 is 20.9 Å². The molecule has 0 unspecified atom stereocenters. The van der Waals surface area contributed by atoms with Gasteiger partial charge >= 0.3 is 0 Å². The van der Waals surface area contributed by atoms with Crippen molar-refractivity contribution in [3.8, 4) is 5.75 Å². The van der Waals surface area contributed by atoms with Gasteiger partial charge in [-0.15, -0.1) is 0 Å². The first-order valence-corrected chi connectivity index (χ1v) is 17.5. The van der Waals surface area contributed by atoms with E-state index in [0.717, 1.165) is 35.3 Å². The molecule has 248 valence electrons. The Labute approximate surface area is 271 Å². The Morgan fingerprint density at radius 3 is 1.72 bits per heavy atom. The fourth-order valence-electron chi connectivity index (χ4n) is 4.51. The van der Waals surface area contributed by atoms with Crippen molar-refractivity contribution in [1.29, 1.82) is 0 Å². The molecule has 0 heterocycles. The molecule has 0 spiro atoms. The molecule has 5 rings (SSSR count). The molecule has 1 aliphatic rings. The molecule has 1 fully saturated rings. The molecule has 0 amide bonds. The maximum absolute atomic E-state index is 10.5. The molecule has 10 nitrogen and oxygen atoms in total. The van der Waals surface area contributed by atoms with Crippen molar-refractivity contribution in [2.24, 2.45) is 5.73 Å². The number of benzene rings is 4. The lowest BCUT2D eigenvalue weighted by molar-refractivity contribution is 0.136. The van der Waals surface area contributed by atoms with Gasteiger partial charge in [0.1, 0.15) is 5.75 Å². The Hall–Kier alpha value is -3.62. The highest BCUT2D eigenvalue weighted by molar-refractivity contribution is 7.86. The van der Waals surface area contributed by atoms with Gasteiger partial charge in [-0.1, -0.05) is 77.9 Å². The van der Waals surface area contributed by atoms with Gasteiger partial charge in [-0.3, -0.25) is 9.11 Å². The third kappa shape index (κ3) is 11.6. The summed E-state index contributed by atoms with van der Waals surface area (Å²) in [5.41, 5.74) is 10.4. The van der Waals surface area contributed by atoms with E-state index in [1.165, 1.54) is 29.8 Å². The number of methoxy groups -OCH3 is 1. The van der Waals surface area contributed by atoms with Crippen LogP contribution in [0.15, 0.2) is 113 Å². The fourth-order valence-corrected chi connectivity index (χ4v) is 5.47. The lowest BCUT2D eigenvalue weighted by Crippen LogP contribution is -2.45. The van der Waals surface area contributed by atoms with Crippen molar-refractivity contribution in [1.82, 2.24) is 5.32 Å². The number of hydrogen-bond donors (Lipinski definition) is 5. The van der Waals surface area contributed by atoms with E-state index in [1.54, 1.807) is 31.4 Å². The zero-order valence-corrected chi connectivity index (χ0v) is 27.7. The molecule has 0 radical (unpaired) electrons. The van der Waals surface area contributed by atoms with E-state index in [1.807, 2.05) is 56.3 Å². The van der Waals surface area contributed by atoms with Crippen LogP contribution in [0, 0.1) is 13.8 Å². The van der Waals surface area contributed by atoms with Gasteiger partial charge in [0.05, 0.1) is 23.0 Å². The quantitative estimate of drug-likeness (QED) is 0.149. The van der Waals surface area contributed by atoms with Crippen LogP contribution in [-0.2, 0) is 32.2 Å². The lowest BCUT2D eigenvalue weighted by Gasteiger charge is -2.24. The zero-order valence-electron chi connectivity index (χ0n) is 26.1. The number of aliphatic hydroxyl groups is 1. The van der Waals surface area contributed by atoms with Crippen molar-refractivity contribution < 1.29 is 35.8 Å². The zero-order chi connectivity index (χ0) is 34.0. The monoisotopic (exact) mass is 670 g/mol. The van der Waals surface area contributed by atoms with Crippen LogP contribution in [0.4, 0.5) is 0 Å². The van der Waals surface area contributed by atoms with E-state index < -0.39 is 26.3 Å². The molecule has 0 bridgehead atoms. The highest BCUT2D eigenvalue weighted by Gasteiger charge is 2.44. The summed E-state index contributed by atoms with van der Waals surface area (Å²) in [6, 6.07) is 29.9. The van der Waals surface area contributed by atoms with Crippen LogP contribution in [0.3, 0.4) is 0 Å². The first-order valence-electron chi connectivity index (χ1n) is 14.6. The number of nitrogens with one attached hydrogen (secondary N) is 1. The molecule has 4 aromatic carbocycles. The maximum Gasteiger partial charge on any atom is 0.294 e. The second kappa shape index (κ2) is 16.3. The molecule has 4 aromatic rings. The van der Waals surface area contributed by atoms with Crippen LogP contribution in [0.2, 0.25) is 0 Å². The average Bonchev–Trinajstić information content (AvgIpc) is 3.82. The molecule has 6 N–H and O–H groups in total. The Morgan fingerprint density at radius 2 is 1.28 bits per heavy atom. The van der Waals surface area contributed by atoms with Crippen LogP contribution in [0.25, 0.3) is 0 Å². The Bertz CT molecular complexity index is 1670. The van der Waals surface area contributed by atoms with Crippen LogP contribution in [-0.4, -0.2) is 56.8 Å². The number of hydrogen-bond acceptors (Lipinski definition) is 8. The molecule has 46 heavy (non-hydrogen) atoms. The summed E-state index contributed by atoms with van der Waals surface area (Å²) in [4.78, 5) is -0.133. The number of rotatable bonds is 10. The maximum atomic E-state index is 10.5. The Balaban J connectivity index is 0.000000217. The minimum atomic E-state index is -4.02. The van der Waals surface area contributed by atoms with E-state index in [9.17, 15) is 21.9 Å². The summed E-state index contributed by atoms with van der Waals surface area (Å²) in [5, 5.41) is 13.9. The predicted molar refractivity (Wildman–Crippen MR) is 178 cm³/mol. The number of ether oxygens (including phenoxy) is 1. The summed E-state index contributed by atoms with van der Waals surface area (Å²) < 4.78 is 64.4. The molecule has 0 saturated heterocycles. The molecule has 0 aliphatic heterocycles. The van der Waals surface area contributed by atoms with Gasteiger partial charge in [-0.2, -0.15) is 16.8 Å². The first-order chi connectivity index (χ1) is 21.6. The largest absolute Gasteiger partial charge is 0.497 e. The van der Waals surface area contributed by atoms with Crippen LogP contribution >= 0.6 is 0 Å². The molecule has 1 saturated carbocycles. The van der Waals surface area contributed by atoms with Crippen molar-refractivity contribution in [3.63, 3.8) is 0 Å². The first kappa shape index (κ1) is 36.8. The van der Waals surface area contributed by atoms with Gasteiger partial charge in [-0.25, -0.2) is 0 Å². The van der Waals surface area contributed by atoms with Crippen molar-refractivity contribution in [2.75, 3.05) is 13.7 Å². The summed E-state index contributed by atoms with van der Waals surface area (Å²) in [6.07, 6.45) is 2.24. The summed E-state index contributed by atoms with van der Waals surface area (Å²) in [6.45, 7) is 4.17. The van der Waals surface area contributed by atoms with Crippen LogP contribution in [0.5, 0.6) is 5.75 Å². The van der Waals surface area contributed by atoms with Gasteiger partial charge in [0.25, 0.3) is 20.2 Å². The Morgan fingerprint density at radius 1 is 0.783 bits per heavy atom. The van der Waals surface area contributed by atoms with Crippen molar-refractivity contribution in [3.05, 3.63) is 125 Å². The smallest absolute Gasteiger partial charge is 0.294 e. The average molecular weight is 671 g/mol. The molecular formula is C34H42N2O8S2. The van der Waals surface area contributed by atoms with E-state index >= 15 is 0 Å². The van der Waals surface area contributed by atoms with Gasteiger partial charge in [0, 0.05) is 18.1 Å². The number of aryl methyl sites for hydroxylation is 2. The van der Waals surface area contributed by atoms with Gasteiger partial charge in [-0.05, 0) is 80.6 Å². The second-order valence-electron chi connectivity index (χ2n) is 11.2. The molecule has 1 aliphatic carbocycles. The van der Waals surface area contributed by atoms with Crippen molar-refractivity contribution in [2.45, 2.75) is 60.6 Å². The predicted octanol–water partition coefficient (Wildman–Crippen LogP) is 4.69. The topological polar surface area (TPSA) is 176 Å². The van der Waals surface area contributed by atoms with Gasteiger partial charge in [0.2, 0.25) is 0 Å². The number of nitrogens with two attached hydrogens (primary N) is 1. The molecule has 2 atom stereocenters. The highest BCUT2D eigenvalue weighted by atomic mass is 32.2. The summed E-state index contributed by atoms with van der Waals surface area (Å²) in [7, 11) is -6.36. The van der Waals surface area contributed by atoms with E-state index in [4.69, 9.17) is 19.6 Å². The van der Waals surface area contributed by atoms with Crippen LogP contribution < -0.4 is 15.8 Å². The standard InChI is InChI=1S/C20H26N2O2.2C7H8O3S/c1-24-17-9-5-8-16(13-17)20(10-11-20)22-14-19(23)18(21)12-15-6-3-2-4-7-15;2*1-6-2-4-7(5-3-6)11(8,9)10/h2-9,13,18-19,22-23H,10-12,14,21H2,1H3;2*2-5H,1H3,(H,8,9,10)/t18-,19+;;/m0../s1. The van der Waals surface area contributed by atoms with E-state index in [2.05, 4.69) is 17.4 Å². The third-order valence-corrected chi connectivity index (χ3v) is 9.20. The van der Waals surface area contributed by atoms with Gasteiger partial charge in [0.15, 0.2) is 0 Å². The molecular weight excluding hydrogens is 629 g/mol. The lowest BCUT2D eigenvalue weighted by atomic mass is 10.0. The van der Waals surface area contributed by atoms with Crippen molar-refractivity contribution >= 4 is 20.2 Å². The molecule has 0 aromatic heterocycles. The normalized spacial score (nSPS) is 14.8. The van der Waals surface area contributed by atoms with E-state index in [-0.39, 0.29) is 21.4 Å². The minimum absolute atomic E-state index is 0.0397.